The minimum absolute atomic E-state index is 0.185. The van der Waals surface area contributed by atoms with Crippen molar-refractivity contribution in [3.05, 3.63) is 57.0 Å². The molecule has 0 saturated heterocycles. The number of aryl methyl sites for hydroxylation is 1. The first-order chi connectivity index (χ1) is 9.95. The van der Waals surface area contributed by atoms with Crippen LogP contribution in [0.1, 0.15) is 25.0 Å². The molecule has 0 aliphatic rings. The van der Waals surface area contributed by atoms with Crippen LogP contribution in [0.4, 0.5) is 5.69 Å². The van der Waals surface area contributed by atoms with Crippen LogP contribution in [0.15, 0.2) is 40.9 Å². The number of nitrogens with one attached hydrogen (secondary N) is 1. The second kappa shape index (κ2) is 7.19. The second-order valence-electron chi connectivity index (χ2n) is 5.23. The Bertz CT molecular complexity index is 628. The first-order valence-corrected chi connectivity index (χ1v) is 8.08. The summed E-state index contributed by atoms with van der Waals surface area (Å²) in [6.07, 6.45) is 0.185. The number of rotatable bonds is 5. The van der Waals surface area contributed by atoms with E-state index in [0.717, 1.165) is 32.1 Å². The molecule has 0 amide bonds. The first-order valence-electron chi connectivity index (χ1n) is 6.91. The standard InChI is InChI=1S/C17H19BrClNO/c1-11(2)21-15-6-7-17(12(3)8-15)20-10-13-4-5-14(18)9-16(13)19/h4-9,11,20H,10H2,1-3H3. The van der Waals surface area contributed by atoms with Gasteiger partial charge in [-0.25, -0.2) is 0 Å². The quantitative estimate of drug-likeness (QED) is 0.719. The Kier molecular flexibility index (Phi) is 5.54. The van der Waals surface area contributed by atoms with Crippen LogP contribution in [-0.4, -0.2) is 6.10 Å². The van der Waals surface area contributed by atoms with Gasteiger partial charge in [-0.2, -0.15) is 0 Å². The molecule has 0 aliphatic heterocycles. The molecule has 0 aliphatic carbocycles. The van der Waals surface area contributed by atoms with E-state index in [9.17, 15) is 0 Å². The van der Waals surface area contributed by atoms with E-state index in [0.29, 0.717) is 6.54 Å². The predicted molar refractivity (Wildman–Crippen MR) is 93.4 cm³/mol. The van der Waals surface area contributed by atoms with Gasteiger partial charge in [-0.1, -0.05) is 33.6 Å². The molecule has 2 aromatic rings. The Morgan fingerprint density at radius 2 is 1.95 bits per heavy atom. The van der Waals surface area contributed by atoms with Crippen LogP contribution in [0, 0.1) is 6.92 Å². The molecule has 2 rings (SSSR count). The maximum absolute atomic E-state index is 6.23. The predicted octanol–water partition coefficient (Wildman–Crippen LogP) is 5.81. The lowest BCUT2D eigenvalue weighted by molar-refractivity contribution is 0.242. The summed E-state index contributed by atoms with van der Waals surface area (Å²) in [6.45, 7) is 6.81. The maximum atomic E-state index is 6.23. The van der Waals surface area contributed by atoms with E-state index in [4.69, 9.17) is 16.3 Å². The van der Waals surface area contributed by atoms with Crippen molar-refractivity contribution in [2.45, 2.75) is 33.4 Å². The topological polar surface area (TPSA) is 21.3 Å². The van der Waals surface area contributed by atoms with E-state index in [1.54, 1.807) is 0 Å². The zero-order valence-corrected chi connectivity index (χ0v) is 14.8. The zero-order chi connectivity index (χ0) is 15.4. The second-order valence-corrected chi connectivity index (χ2v) is 6.56. The molecule has 112 valence electrons. The molecule has 0 radical (unpaired) electrons. The highest BCUT2D eigenvalue weighted by Gasteiger charge is 2.05. The van der Waals surface area contributed by atoms with Crippen LogP contribution < -0.4 is 10.1 Å². The molecule has 0 fully saturated rings. The molecular formula is C17H19BrClNO. The van der Waals surface area contributed by atoms with Crippen LogP contribution in [0.25, 0.3) is 0 Å². The van der Waals surface area contributed by atoms with E-state index in [-0.39, 0.29) is 6.10 Å². The van der Waals surface area contributed by atoms with E-state index in [1.807, 2.05) is 50.2 Å². The van der Waals surface area contributed by atoms with Crippen molar-refractivity contribution in [2.24, 2.45) is 0 Å². The van der Waals surface area contributed by atoms with Gasteiger partial charge in [-0.15, -0.1) is 0 Å². The number of ether oxygens (including phenoxy) is 1. The summed E-state index contributed by atoms with van der Waals surface area (Å²) in [5, 5.41) is 4.17. The first kappa shape index (κ1) is 16.2. The molecule has 0 heterocycles. The highest BCUT2D eigenvalue weighted by Crippen LogP contribution is 2.25. The van der Waals surface area contributed by atoms with Crippen molar-refractivity contribution < 1.29 is 4.74 Å². The molecule has 2 nitrogen and oxygen atoms in total. The van der Waals surface area contributed by atoms with Gasteiger partial charge >= 0.3 is 0 Å². The SMILES string of the molecule is Cc1cc(OC(C)C)ccc1NCc1ccc(Br)cc1Cl. The lowest BCUT2D eigenvalue weighted by Gasteiger charge is -2.14. The fraction of sp³-hybridized carbons (Fsp3) is 0.294. The third kappa shape index (κ3) is 4.65. The van der Waals surface area contributed by atoms with Crippen LogP contribution in [0.5, 0.6) is 5.75 Å². The normalized spacial score (nSPS) is 10.8. The summed E-state index contributed by atoms with van der Waals surface area (Å²) in [5.41, 5.74) is 3.31. The summed E-state index contributed by atoms with van der Waals surface area (Å²) >= 11 is 9.64. The lowest BCUT2D eigenvalue weighted by Crippen LogP contribution is -2.06. The highest BCUT2D eigenvalue weighted by molar-refractivity contribution is 9.10. The molecule has 0 atom stereocenters. The summed E-state index contributed by atoms with van der Waals surface area (Å²) in [6, 6.07) is 12.0. The summed E-state index contributed by atoms with van der Waals surface area (Å²) in [5.74, 6) is 0.898. The number of hydrogen-bond donors (Lipinski definition) is 1. The van der Waals surface area contributed by atoms with Crippen LogP contribution in [-0.2, 0) is 6.54 Å². The molecule has 0 spiro atoms. The minimum atomic E-state index is 0.185. The third-order valence-corrected chi connectivity index (χ3v) is 3.90. The molecule has 4 heteroatoms. The largest absolute Gasteiger partial charge is 0.491 e. The van der Waals surface area contributed by atoms with Gasteiger partial charge in [0.25, 0.3) is 0 Å². The fourth-order valence-corrected chi connectivity index (χ4v) is 2.78. The average Bonchev–Trinajstić information content (AvgIpc) is 2.39. The van der Waals surface area contributed by atoms with Crippen molar-refractivity contribution in [3.63, 3.8) is 0 Å². The van der Waals surface area contributed by atoms with E-state index in [2.05, 4.69) is 28.2 Å². The summed E-state index contributed by atoms with van der Waals surface area (Å²) in [7, 11) is 0. The highest BCUT2D eigenvalue weighted by atomic mass is 79.9. The smallest absolute Gasteiger partial charge is 0.120 e. The molecule has 0 unspecified atom stereocenters. The molecule has 21 heavy (non-hydrogen) atoms. The van der Waals surface area contributed by atoms with E-state index >= 15 is 0 Å². The van der Waals surface area contributed by atoms with Crippen molar-refractivity contribution in [3.8, 4) is 5.75 Å². The Morgan fingerprint density at radius 3 is 2.57 bits per heavy atom. The van der Waals surface area contributed by atoms with Crippen molar-refractivity contribution in [1.29, 1.82) is 0 Å². The van der Waals surface area contributed by atoms with E-state index in [1.165, 1.54) is 0 Å². The average molecular weight is 369 g/mol. The third-order valence-electron chi connectivity index (χ3n) is 3.05. The number of benzene rings is 2. The monoisotopic (exact) mass is 367 g/mol. The van der Waals surface area contributed by atoms with Gasteiger partial charge in [0, 0.05) is 21.7 Å². The van der Waals surface area contributed by atoms with Gasteiger partial charge in [0.1, 0.15) is 5.75 Å². The molecule has 0 saturated carbocycles. The van der Waals surface area contributed by atoms with Crippen molar-refractivity contribution in [2.75, 3.05) is 5.32 Å². The van der Waals surface area contributed by atoms with Gasteiger partial charge in [0.2, 0.25) is 0 Å². The molecule has 0 aromatic heterocycles. The lowest BCUT2D eigenvalue weighted by atomic mass is 10.1. The number of hydrogen-bond acceptors (Lipinski definition) is 2. The number of anilines is 1. The van der Waals surface area contributed by atoms with Crippen molar-refractivity contribution >= 4 is 33.2 Å². The van der Waals surface area contributed by atoms with Crippen LogP contribution in [0.3, 0.4) is 0 Å². The number of halogens is 2. The van der Waals surface area contributed by atoms with Gasteiger partial charge in [-0.3, -0.25) is 0 Å². The van der Waals surface area contributed by atoms with Gasteiger partial charge in [0.15, 0.2) is 0 Å². The fourth-order valence-electron chi connectivity index (χ4n) is 2.04. The maximum Gasteiger partial charge on any atom is 0.120 e. The Labute approximate surface area is 139 Å². The van der Waals surface area contributed by atoms with Crippen LogP contribution in [0.2, 0.25) is 5.02 Å². The summed E-state index contributed by atoms with van der Waals surface area (Å²) in [4.78, 5) is 0. The molecule has 0 bridgehead atoms. The molecular weight excluding hydrogens is 350 g/mol. The zero-order valence-electron chi connectivity index (χ0n) is 12.4. The Hall–Kier alpha value is -1.19. The van der Waals surface area contributed by atoms with Crippen molar-refractivity contribution in [1.82, 2.24) is 0 Å². The minimum Gasteiger partial charge on any atom is -0.491 e. The Balaban J connectivity index is 2.06. The Morgan fingerprint density at radius 1 is 1.19 bits per heavy atom. The van der Waals surface area contributed by atoms with E-state index < -0.39 is 0 Å². The van der Waals surface area contributed by atoms with Gasteiger partial charge in [-0.05, 0) is 62.2 Å². The molecule has 1 N–H and O–H groups in total. The summed E-state index contributed by atoms with van der Waals surface area (Å²) < 4.78 is 6.68. The van der Waals surface area contributed by atoms with Gasteiger partial charge in [0.05, 0.1) is 6.10 Å². The van der Waals surface area contributed by atoms with Gasteiger partial charge < -0.3 is 10.1 Å². The molecule has 2 aromatic carbocycles. The van der Waals surface area contributed by atoms with Crippen LogP contribution >= 0.6 is 27.5 Å².